The minimum Gasteiger partial charge on any atom is -0.345 e. The van der Waals surface area contributed by atoms with Crippen LogP contribution < -0.4 is 0 Å². The van der Waals surface area contributed by atoms with E-state index in [1.54, 1.807) is 0 Å². The lowest BCUT2D eigenvalue weighted by atomic mass is 9.91. The Morgan fingerprint density at radius 1 is 1.11 bits per heavy atom. The van der Waals surface area contributed by atoms with Crippen molar-refractivity contribution in [2.75, 3.05) is 0 Å². The topological polar surface area (TPSA) is 26.3 Å². The molecule has 2 unspecified atom stereocenters. The maximum absolute atomic E-state index is 11.7. The van der Waals surface area contributed by atoms with Gasteiger partial charge >= 0.3 is 5.97 Å². The molecule has 0 spiro atoms. The van der Waals surface area contributed by atoms with Gasteiger partial charge in [0.15, 0.2) is 8.67 Å². The summed E-state index contributed by atoms with van der Waals surface area (Å²) in [7, 11) is 0. The molecule has 0 amide bonds. The number of halogens is 9. The lowest BCUT2D eigenvalue weighted by Crippen LogP contribution is -2.63. The van der Waals surface area contributed by atoms with Crippen LogP contribution in [0.25, 0.3) is 0 Å². The Morgan fingerprint density at radius 3 is 1.94 bits per heavy atom. The minimum atomic E-state index is -2.40. The molecule has 0 aromatic rings. The number of carbonyl (C=O) groups excluding carboxylic acids is 1. The van der Waals surface area contributed by atoms with Crippen molar-refractivity contribution in [1.82, 2.24) is 0 Å². The van der Waals surface area contributed by atoms with Gasteiger partial charge in [0.25, 0.3) is 0 Å². The van der Waals surface area contributed by atoms with Crippen molar-refractivity contribution < 1.29 is 9.08 Å². The first-order valence-corrected chi connectivity index (χ1v) is 7.32. The van der Waals surface area contributed by atoms with Crippen LogP contribution >= 0.6 is 105 Å². The number of carbonyl (C=O) groups is 1. The summed E-state index contributed by atoms with van der Waals surface area (Å²) >= 11 is 52.2. The Kier molecular flexibility index (Phi) is 5.51. The van der Waals surface area contributed by atoms with Crippen LogP contribution in [-0.4, -0.2) is 24.9 Å². The van der Waals surface area contributed by atoms with Crippen LogP contribution in [0.2, 0.25) is 0 Å². The molecule has 0 radical (unpaired) electrons. The predicted molar refractivity (Wildman–Crippen MR) is 77.8 cm³/mol. The molecule has 0 bridgehead atoms. The van der Waals surface area contributed by atoms with Crippen LogP contribution in [0.3, 0.4) is 0 Å². The standard InChI is InChI=1S/C7HCl9O2/c8-1-2(9)5(11,4(17)18-16)7(14,15)6(12,13)3(1)10/h3H. The SMILES string of the molecule is O=C(OCl)C1(Cl)C(Cl)=C(Cl)C(Cl)C(Cl)(Cl)C1(Cl)Cl. The van der Waals surface area contributed by atoms with E-state index in [4.69, 9.17) is 105 Å². The van der Waals surface area contributed by atoms with Gasteiger partial charge in [0.1, 0.15) is 17.2 Å². The molecule has 104 valence electrons. The molecule has 1 rings (SSSR count). The third-order valence-corrected chi connectivity index (χ3v) is 7.74. The summed E-state index contributed by atoms with van der Waals surface area (Å²) in [6.45, 7) is 0. The first-order chi connectivity index (χ1) is 7.96. The Balaban J connectivity index is 3.64. The lowest BCUT2D eigenvalue weighted by molar-refractivity contribution is -0.136. The highest BCUT2D eigenvalue weighted by atomic mass is 35.5. The van der Waals surface area contributed by atoms with Gasteiger partial charge in [-0.2, -0.15) is 0 Å². The monoisotopic (exact) mass is 432 g/mol. The van der Waals surface area contributed by atoms with Crippen molar-refractivity contribution >= 4 is 111 Å². The van der Waals surface area contributed by atoms with E-state index in [9.17, 15) is 4.79 Å². The van der Waals surface area contributed by atoms with E-state index in [2.05, 4.69) is 4.29 Å². The number of allylic oxidation sites excluding steroid dienone is 1. The molecular weight excluding hydrogens is 435 g/mol. The molecule has 1 aliphatic rings. The first kappa shape index (κ1) is 17.9. The fourth-order valence-corrected chi connectivity index (χ4v) is 4.17. The highest BCUT2D eigenvalue weighted by Crippen LogP contribution is 2.64. The molecule has 0 heterocycles. The van der Waals surface area contributed by atoms with Gasteiger partial charge < -0.3 is 4.29 Å². The fraction of sp³-hybridized carbons (Fsp3) is 0.571. The van der Waals surface area contributed by atoms with Gasteiger partial charge in [-0.05, 0) is 0 Å². The molecule has 0 aromatic heterocycles. The van der Waals surface area contributed by atoms with E-state index in [1.165, 1.54) is 0 Å². The average molecular weight is 436 g/mol. The second-order valence-corrected chi connectivity index (χ2v) is 7.90. The second kappa shape index (κ2) is 5.55. The number of hydrogen-bond donors (Lipinski definition) is 0. The van der Waals surface area contributed by atoms with E-state index in [1.807, 2.05) is 0 Å². The van der Waals surface area contributed by atoms with E-state index in [-0.39, 0.29) is 5.03 Å². The largest absolute Gasteiger partial charge is 0.354 e. The molecule has 18 heavy (non-hydrogen) atoms. The van der Waals surface area contributed by atoms with Crippen LogP contribution in [0.15, 0.2) is 10.1 Å². The van der Waals surface area contributed by atoms with Crippen molar-refractivity contribution in [1.29, 1.82) is 0 Å². The molecular formula is C7HCl9O2. The smallest absolute Gasteiger partial charge is 0.345 e. The lowest BCUT2D eigenvalue weighted by Gasteiger charge is -2.47. The van der Waals surface area contributed by atoms with Crippen molar-refractivity contribution in [3.8, 4) is 0 Å². The van der Waals surface area contributed by atoms with Gasteiger partial charge in [0, 0.05) is 0 Å². The van der Waals surface area contributed by atoms with Crippen molar-refractivity contribution in [2.45, 2.75) is 18.9 Å². The van der Waals surface area contributed by atoms with Crippen LogP contribution in [0.1, 0.15) is 0 Å². The van der Waals surface area contributed by atoms with Gasteiger partial charge in [0.2, 0.25) is 4.87 Å². The average Bonchev–Trinajstić information content (AvgIpc) is 2.31. The van der Waals surface area contributed by atoms with Crippen molar-refractivity contribution in [3.63, 3.8) is 0 Å². The zero-order valence-electron chi connectivity index (χ0n) is 7.80. The molecule has 11 heteroatoms. The Bertz CT molecular complexity index is 417. The van der Waals surface area contributed by atoms with Gasteiger partial charge in [-0.3, -0.25) is 0 Å². The highest BCUT2D eigenvalue weighted by molar-refractivity contribution is 6.72. The van der Waals surface area contributed by atoms with Gasteiger partial charge in [-0.15, -0.1) is 11.6 Å². The molecule has 0 aliphatic heterocycles. The predicted octanol–water partition coefficient (Wildman–Crippen LogP) is 5.32. The fourth-order valence-electron chi connectivity index (χ4n) is 1.23. The molecule has 0 fully saturated rings. The van der Waals surface area contributed by atoms with E-state index >= 15 is 0 Å². The Hall–Kier alpha value is 1.82. The zero-order chi connectivity index (χ0) is 14.5. The Morgan fingerprint density at radius 2 is 1.56 bits per heavy atom. The van der Waals surface area contributed by atoms with Gasteiger partial charge in [0.05, 0.1) is 10.1 Å². The third kappa shape index (κ3) is 2.20. The molecule has 0 aromatic carbocycles. The van der Waals surface area contributed by atoms with Gasteiger partial charge in [-0.1, -0.05) is 81.2 Å². The Labute approximate surface area is 147 Å². The maximum atomic E-state index is 11.7. The molecule has 0 N–H and O–H groups in total. The van der Waals surface area contributed by atoms with Crippen LogP contribution in [-0.2, 0) is 9.08 Å². The number of rotatable bonds is 1. The van der Waals surface area contributed by atoms with E-state index in [0.29, 0.717) is 0 Å². The van der Waals surface area contributed by atoms with Crippen LogP contribution in [0.4, 0.5) is 0 Å². The quantitative estimate of drug-likeness (QED) is 0.521. The van der Waals surface area contributed by atoms with E-state index < -0.39 is 29.9 Å². The van der Waals surface area contributed by atoms with Crippen LogP contribution in [0.5, 0.6) is 0 Å². The summed E-state index contributed by atoms with van der Waals surface area (Å²) in [5.41, 5.74) is 0. The highest BCUT2D eigenvalue weighted by Gasteiger charge is 2.73. The maximum Gasteiger partial charge on any atom is 0.354 e. The number of hydrogen-bond acceptors (Lipinski definition) is 2. The zero-order valence-corrected chi connectivity index (χ0v) is 14.6. The molecule has 2 nitrogen and oxygen atoms in total. The molecule has 2 atom stereocenters. The van der Waals surface area contributed by atoms with Crippen molar-refractivity contribution in [3.05, 3.63) is 10.1 Å². The first-order valence-electron chi connectivity index (χ1n) is 3.93. The molecule has 0 saturated carbocycles. The van der Waals surface area contributed by atoms with Crippen molar-refractivity contribution in [2.24, 2.45) is 0 Å². The molecule has 0 saturated heterocycles. The number of alkyl halides is 6. The van der Waals surface area contributed by atoms with Crippen LogP contribution in [0, 0.1) is 0 Å². The second-order valence-electron chi connectivity index (χ2n) is 3.24. The summed E-state index contributed by atoms with van der Waals surface area (Å²) < 4.78 is -0.503. The summed E-state index contributed by atoms with van der Waals surface area (Å²) in [5.74, 6) is -1.30. The summed E-state index contributed by atoms with van der Waals surface area (Å²) in [4.78, 5) is 9.26. The molecule has 1 aliphatic carbocycles. The summed E-state index contributed by atoms with van der Waals surface area (Å²) in [6.07, 6.45) is 0. The third-order valence-electron chi connectivity index (χ3n) is 2.26. The van der Waals surface area contributed by atoms with Gasteiger partial charge in [-0.25, -0.2) is 4.79 Å². The summed E-state index contributed by atoms with van der Waals surface area (Å²) in [6, 6.07) is 0. The minimum absolute atomic E-state index is 0.294. The summed E-state index contributed by atoms with van der Waals surface area (Å²) in [5, 5.41) is -2.06. The normalized spacial score (nSPS) is 34.4. The van der Waals surface area contributed by atoms with E-state index in [0.717, 1.165) is 0 Å².